The third-order valence-electron chi connectivity index (χ3n) is 4.43. The van der Waals surface area contributed by atoms with Gasteiger partial charge < -0.3 is 15.4 Å². The van der Waals surface area contributed by atoms with Crippen molar-refractivity contribution in [2.24, 2.45) is 0 Å². The lowest BCUT2D eigenvalue weighted by Crippen LogP contribution is -2.29. The Labute approximate surface area is 179 Å². The molecule has 0 fully saturated rings. The van der Waals surface area contributed by atoms with Gasteiger partial charge in [-0.25, -0.2) is 14.6 Å². The minimum Gasteiger partial charge on any atom is -0.457 e. The summed E-state index contributed by atoms with van der Waals surface area (Å²) in [6.07, 6.45) is 3.32. The molecular formula is C23H22N6O2. The summed E-state index contributed by atoms with van der Waals surface area (Å²) in [5.74, 6) is 2.30. The molecule has 8 nitrogen and oxygen atoms in total. The van der Waals surface area contributed by atoms with Gasteiger partial charge in [0.25, 0.3) is 5.91 Å². The molecule has 2 aromatic heterocycles. The Morgan fingerprint density at radius 1 is 1.00 bits per heavy atom. The quantitative estimate of drug-likeness (QED) is 0.428. The van der Waals surface area contributed by atoms with Crippen molar-refractivity contribution < 1.29 is 9.53 Å². The summed E-state index contributed by atoms with van der Waals surface area (Å²) in [7, 11) is 0. The topological polar surface area (TPSA) is 94.0 Å². The number of ether oxygens (including phenoxy) is 1. The average molecular weight is 414 g/mol. The molecule has 1 amide bonds. The maximum Gasteiger partial charge on any atom is 0.255 e. The number of rotatable bonds is 8. The van der Waals surface area contributed by atoms with E-state index in [1.54, 1.807) is 22.9 Å². The highest BCUT2D eigenvalue weighted by Gasteiger charge is 2.12. The third kappa shape index (κ3) is 5.24. The van der Waals surface area contributed by atoms with Crippen LogP contribution in [-0.2, 0) is 0 Å². The van der Waals surface area contributed by atoms with Gasteiger partial charge in [-0.15, -0.1) is 0 Å². The molecule has 0 saturated heterocycles. The number of para-hydroxylation sites is 2. The summed E-state index contributed by atoms with van der Waals surface area (Å²) < 4.78 is 7.55. The summed E-state index contributed by atoms with van der Waals surface area (Å²) >= 11 is 0. The molecule has 2 heterocycles. The van der Waals surface area contributed by atoms with E-state index in [4.69, 9.17) is 4.74 Å². The van der Waals surface area contributed by atoms with E-state index in [1.807, 2.05) is 61.7 Å². The summed E-state index contributed by atoms with van der Waals surface area (Å²) in [6.45, 7) is 2.84. The number of aromatic nitrogens is 4. The Kier molecular flexibility index (Phi) is 6.18. The predicted octanol–water partition coefficient (Wildman–Crippen LogP) is 3.60. The molecule has 156 valence electrons. The number of benzene rings is 2. The Morgan fingerprint density at radius 3 is 2.61 bits per heavy atom. The molecule has 2 N–H and O–H groups in total. The fraction of sp³-hybridized carbons (Fsp3) is 0.130. The van der Waals surface area contributed by atoms with Gasteiger partial charge in [0, 0.05) is 25.4 Å². The second kappa shape index (κ2) is 9.53. The van der Waals surface area contributed by atoms with Crippen LogP contribution in [0.3, 0.4) is 0 Å². The highest BCUT2D eigenvalue weighted by molar-refractivity contribution is 5.97. The molecule has 2 aromatic carbocycles. The normalized spacial score (nSPS) is 10.5. The van der Waals surface area contributed by atoms with Crippen LogP contribution in [-0.4, -0.2) is 38.7 Å². The lowest BCUT2D eigenvalue weighted by Gasteiger charge is -2.12. The molecule has 4 aromatic rings. The number of anilines is 1. The maximum atomic E-state index is 12.7. The molecule has 0 radical (unpaired) electrons. The first-order valence-electron chi connectivity index (χ1n) is 9.88. The second-order valence-electron chi connectivity index (χ2n) is 6.76. The molecule has 4 rings (SSSR count). The van der Waals surface area contributed by atoms with Crippen LogP contribution in [0.5, 0.6) is 11.5 Å². The minimum absolute atomic E-state index is 0.205. The van der Waals surface area contributed by atoms with Crippen molar-refractivity contribution >= 4 is 11.7 Å². The standard InChI is InChI=1S/C23H22N6O2/c1-17-11-14-29(28-17)22-15-21(26-16-27-22)24-12-13-25-23(30)19-9-5-6-10-20(19)31-18-7-3-2-4-8-18/h2-11,14-16H,12-13H2,1H3,(H,25,30)(H,24,26,27). The summed E-state index contributed by atoms with van der Waals surface area (Å²) in [6, 6.07) is 20.2. The maximum absolute atomic E-state index is 12.7. The van der Waals surface area contributed by atoms with Gasteiger partial charge in [0.2, 0.25) is 0 Å². The van der Waals surface area contributed by atoms with Crippen LogP contribution in [0.4, 0.5) is 5.82 Å². The molecule has 0 spiro atoms. The predicted molar refractivity (Wildman–Crippen MR) is 118 cm³/mol. The van der Waals surface area contributed by atoms with Crippen molar-refractivity contribution in [2.75, 3.05) is 18.4 Å². The van der Waals surface area contributed by atoms with Gasteiger partial charge in [-0.1, -0.05) is 30.3 Å². The number of aryl methyl sites for hydroxylation is 1. The van der Waals surface area contributed by atoms with Gasteiger partial charge in [0.1, 0.15) is 23.6 Å². The fourth-order valence-corrected chi connectivity index (χ4v) is 2.93. The Balaban J connectivity index is 1.32. The van der Waals surface area contributed by atoms with Crippen molar-refractivity contribution in [2.45, 2.75) is 6.92 Å². The number of carbonyl (C=O) groups excluding carboxylic acids is 1. The van der Waals surface area contributed by atoms with E-state index in [0.29, 0.717) is 41.8 Å². The monoisotopic (exact) mass is 414 g/mol. The van der Waals surface area contributed by atoms with Gasteiger partial charge in [0.05, 0.1) is 11.3 Å². The van der Waals surface area contributed by atoms with Crippen LogP contribution in [0, 0.1) is 6.92 Å². The Morgan fingerprint density at radius 2 is 1.81 bits per heavy atom. The van der Waals surface area contributed by atoms with E-state index in [0.717, 1.165) is 5.69 Å². The number of carbonyl (C=O) groups is 1. The minimum atomic E-state index is -0.205. The van der Waals surface area contributed by atoms with E-state index in [1.165, 1.54) is 6.33 Å². The first kappa shape index (κ1) is 20.1. The summed E-state index contributed by atoms with van der Waals surface area (Å²) in [5.41, 5.74) is 1.39. The van der Waals surface area contributed by atoms with E-state index in [2.05, 4.69) is 25.7 Å². The van der Waals surface area contributed by atoms with Crippen molar-refractivity contribution in [1.29, 1.82) is 0 Å². The number of nitrogens with zero attached hydrogens (tertiary/aromatic N) is 4. The molecule has 0 atom stereocenters. The first-order chi connectivity index (χ1) is 15.2. The zero-order chi connectivity index (χ0) is 21.5. The summed E-state index contributed by atoms with van der Waals surface area (Å²) in [4.78, 5) is 21.1. The largest absolute Gasteiger partial charge is 0.457 e. The molecule has 0 saturated carbocycles. The van der Waals surface area contributed by atoms with E-state index in [9.17, 15) is 4.79 Å². The molecule has 0 bridgehead atoms. The van der Waals surface area contributed by atoms with Gasteiger partial charge in [-0.05, 0) is 37.3 Å². The van der Waals surface area contributed by atoms with Gasteiger partial charge in [-0.3, -0.25) is 4.79 Å². The summed E-state index contributed by atoms with van der Waals surface area (Å²) in [5, 5.41) is 10.4. The van der Waals surface area contributed by atoms with Crippen LogP contribution in [0.1, 0.15) is 16.1 Å². The molecule has 0 unspecified atom stereocenters. The van der Waals surface area contributed by atoms with E-state index < -0.39 is 0 Å². The second-order valence-corrected chi connectivity index (χ2v) is 6.76. The zero-order valence-electron chi connectivity index (χ0n) is 17.0. The average Bonchev–Trinajstić information content (AvgIpc) is 3.24. The number of hydrogen-bond donors (Lipinski definition) is 2. The van der Waals surface area contributed by atoms with Gasteiger partial charge in [0.15, 0.2) is 5.82 Å². The molecule has 8 heteroatoms. The van der Waals surface area contributed by atoms with Crippen LogP contribution in [0.25, 0.3) is 5.82 Å². The lowest BCUT2D eigenvalue weighted by molar-refractivity contribution is 0.0953. The van der Waals surface area contributed by atoms with Crippen LogP contribution in [0.15, 0.2) is 79.3 Å². The van der Waals surface area contributed by atoms with Crippen molar-refractivity contribution in [3.63, 3.8) is 0 Å². The molecule has 0 aliphatic carbocycles. The van der Waals surface area contributed by atoms with E-state index >= 15 is 0 Å². The number of amides is 1. The molecule has 0 aliphatic rings. The van der Waals surface area contributed by atoms with E-state index in [-0.39, 0.29) is 5.91 Å². The van der Waals surface area contributed by atoms with Gasteiger partial charge in [-0.2, -0.15) is 5.10 Å². The van der Waals surface area contributed by atoms with Crippen molar-refractivity contribution in [1.82, 2.24) is 25.1 Å². The first-order valence-corrected chi connectivity index (χ1v) is 9.88. The van der Waals surface area contributed by atoms with Crippen molar-refractivity contribution in [3.8, 4) is 17.3 Å². The molecule has 0 aliphatic heterocycles. The fourth-order valence-electron chi connectivity index (χ4n) is 2.93. The van der Waals surface area contributed by atoms with Crippen molar-refractivity contribution in [3.05, 3.63) is 90.5 Å². The number of hydrogen-bond acceptors (Lipinski definition) is 6. The van der Waals surface area contributed by atoms with Gasteiger partial charge >= 0.3 is 0 Å². The van der Waals surface area contributed by atoms with Crippen LogP contribution in [0.2, 0.25) is 0 Å². The number of nitrogens with one attached hydrogen (secondary N) is 2. The zero-order valence-corrected chi connectivity index (χ0v) is 17.0. The van der Waals surface area contributed by atoms with Crippen LogP contribution < -0.4 is 15.4 Å². The third-order valence-corrected chi connectivity index (χ3v) is 4.43. The molecular weight excluding hydrogens is 392 g/mol. The SMILES string of the molecule is Cc1ccn(-c2cc(NCCNC(=O)c3ccccc3Oc3ccccc3)ncn2)n1. The van der Waals surface area contributed by atoms with Crippen LogP contribution >= 0.6 is 0 Å². The smallest absolute Gasteiger partial charge is 0.255 e. The molecule has 31 heavy (non-hydrogen) atoms. The Hall–Kier alpha value is -4.20. The highest BCUT2D eigenvalue weighted by Crippen LogP contribution is 2.24. The Bertz CT molecular complexity index is 1160. The lowest BCUT2D eigenvalue weighted by atomic mass is 10.2. The highest BCUT2D eigenvalue weighted by atomic mass is 16.5.